The smallest absolute Gasteiger partial charge is 0.165 e. The molecular weight excluding hydrogens is 297 g/mol. The number of hydrogen-bond acceptors (Lipinski definition) is 0. The molecule has 1 rings (SSSR count). The molecule has 15 heavy (non-hydrogen) atoms. The van der Waals surface area contributed by atoms with Crippen molar-refractivity contribution in [3.05, 3.63) is 35.9 Å². The highest BCUT2D eigenvalue weighted by atomic mass is 127. The average Bonchev–Trinajstić information content (AvgIpc) is 2.33. The highest BCUT2D eigenvalue weighted by Crippen LogP contribution is 2.34. The van der Waals surface area contributed by atoms with Gasteiger partial charge in [0.15, 0.2) is 4.05 Å². The van der Waals surface area contributed by atoms with Crippen LogP contribution in [0.1, 0.15) is 30.4 Å². The van der Waals surface area contributed by atoms with Crippen molar-refractivity contribution in [3.63, 3.8) is 0 Å². The summed E-state index contributed by atoms with van der Waals surface area (Å²) in [5, 5.41) is 0. The molecule has 0 aromatic heterocycles. The van der Waals surface area contributed by atoms with E-state index in [1.165, 1.54) is 29.7 Å². The fourth-order valence-electron chi connectivity index (χ4n) is 2.08. The van der Waals surface area contributed by atoms with Crippen LogP contribution in [0.2, 0.25) is 0 Å². The quantitative estimate of drug-likeness (QED) is 0.333. The summed E-state index contributed by atoms with van der Waals surface area (Å²) >= 11 is 2.59. The Morgan fingerprint density at radius 3 is 1.87 bits per heavy atom. The molecule has 1 nitrogen and oxygen atoms in total. The van der Waals surface area contributed by atoms with Gasteiger partial charge in [-0.1, -0.05) is 30.3 Å². The second-order valence-corrected chi connectivity index (χ2v) is 5.09. The lowest BCUT2D eigenvalue weighted by atomic mass is 10.2. The number of rotatable bonds is 5. The van der Waals surface area contributed by atoms with E-state index in [0.29, 0.717) is 4.05 Å². The van der Waals surface area contributed by atoms with Gasteiger partial charge in [0.05, 0.1) is 19.6 Å². The zero-order chi connectivity index (χ0) is 11.3. The molecule has 0 spiro atoms. The summed E-state index contributed by atoms with van der Waals surface area (Å²) in [6, 6.07) is 10.8. The first kappa shape index (κ1) is 13.0. The first-order valence-electron chi connectivity index (χ1n) is 5.75. The fourth-order valence-corrected chi connectivity index (χ4v) is 3.68. The topological polar surface area (TPSA) is 0 Å². The van der Waals surface area contributed by atoms with Gasteiger partial charge < -0.3 is 4.48 Å². The average molecular weight is 318 g/mol. The Morgan fingerprint density at radius 1 is 1.00 bits per heavy atom. The predicted molar refractivity (Wildman–Crippen MR) is 75.1 cm³/mol. The van der Waals surface area contributed by atoms with Crippen LogP contribution in [0.3, 0.4) is 0 Å². The summed E-state index contributed by atoms with van der Waals surface area (Å²) in [7, 11) is 0. The van der Waals surface area contributed by atoms with Crippen molar-refractivity contribution < 1.29 is 4.48 Å². The minimum absolute atomic E-state index is 0.573. The van der Waals surface area contributed by atoms with Gasteiger partial charge in [-0.15, -0.1) is 0 Å². The number of alkyl halides is 1. The molecule has 1 unspecified atom stereocenters. The molecule has 2 heteroatoms. The first-order chi connectivity index (χ1) is 7.20. The lowest BCUT2D eigenvalue weighted by molar-refractivity contribution is -0.934. The van der Waals surface area contributed by atoms with Gasteiger partial charge in [0.1, 0.15) is 0 Å². The SMILES string of the molecule is CC[N+](CC)(CC)C(I)c1ccccc1. The van der Waals surface area contributed by atoms with Crippen LogP contribution in [0.25, 0.3) is 0 Å². The minimum atomic E-state index is 0.573. The Hall–Kier alpha value is -0.0900. The zero-order valence-corrected chi connectivity index (χ0v) is 12.1. The summed E-state index contributed by atoms with van der Waals surface area (Å²) in [5.74, 6) is 0. The third-order valence-electron chi connectivity index (χ3n) is 3.44. The summed E-state index contributed by atoms with van der Waals surface area (Å²) in [4.78, 5) is 0. The molecule has 0 bridgehead atoms. The van der Waals surface area contributed by atoms with Gasteiger partial charge in [0.25, 0.3) is 0 Å². The lowest BCUT2D eigenvalue weighted by Gasteiger charge is -2.40. The van der Waals surface area contributed by atoms with E-state index in [4.69, 9.17) is 0 Å². The Balaban J connectivity index is 2.95. The number of nitrogens with zero attached hydrogens (tertiary/aromatic N) is 1. The van der Waals surface area contributed by atoms with Crippen LogP contribution in [-0.2, 0) is 0 Å². The van der Waals surface area contributed by atoms with Crippen molar-refractivity contribution >= 4 is 22.6 Å². The van der Waals surface area contributed by atoms with Crippen molar-refractivity contribution in [2.45, 2.75) is 24.8 Å². The second kappa shape index (κ2) is 5.85. The Labute approximate surface area is 107 Å². The lowest BCUT2D eigenvalue weighted by Crippen LogP contribution is -2.48. The molecule has 0 fully saturated rings. The molecule has 0 saturated heterocycles. The van der Waals surface area contributed by atoms with Crippen molar-refractivity contribution in [2.24, 2.45) is 0 Å². The highest BCUT2D eigenvalue weighted by Gasteiger charge is 2.30. The number of hydrogen-bond donors (Lipinski definition) is 0. The minimum Gasteiger partial charge on any atom is -0.310 e. The molecule has 0 saturated carbocycles. The van der Waals surface area contributed by atoms with Crippen LogP contribution < -0.4 is 0 Å². The summed E-state index contributed by atoms with van der Waals surface area (Å²) in [5.41, 5.74) is 1.45. The van der Waals surface area contributed by atoms with Gasteiger partial charge in [0, 0.05) is 5.56 Å². The van der Waals surface area contributed by atoms with Crippen LogP contribution in [0.4, 0.5) is 0 Å². The van der Waals surface area contributed by atoms with Crippen molar-refractivity contribution in [2.75, 3.05) is 19.6 Å². The monoisotopic (exact) mass is 318 g/mol. The van der Waals surface area contributed by atoms with Gasteiger partial charge in [-0.3, -0.25) is 0 Å². The van der Waals surface area contributed by atoms with E-state index in [0.717, 1.165) is 0 Å². The number of halogens is 1. The molecule has 0 amide bonds. The number of quaternary nitrogens is 1. The maximum Gasteiger partial charge on any atom is 0.165 e. The molecule has 0 aliphatic heterocycles. The normalized spacial score (nSPS) is 13.9. The van der Waals surface area contributed by atoms with E-state index in [1.54, 1.807) is 0 Å². The summed E-state index contributed by atoms with van der Waals surface area (Å²) in [6.07, 6.45) is 0. The maximum atomic E-state index is 2.59. The van der Waals surface area contributed by atoms with Crippen molar-refractivity contribution in [3.8, 4) is 0 Å². The second-order valence-electron chi connectivity index (χ2n) is 3.91. The van der Waals surface area contributed by atoms with E-state index in [2.05, 4.69) is 73.7 Å². The van der Waals surface area contributed by atoms with E-state index in [1.807, 2.05) is 0 Å². The largest absolute Gasteiger partial charge is 0.310 e. The third kappa shape index (κ3) is 2.72. The Bertz CT molecular complexity index is 272. The zero-order valence-electron chi connectivity index (χ0n) is 9.91. The van der Waals surface area contributed by atoms with Gasteiger partial charge in [0.2, 0.25) is 0 Å². The molecule has 0 aliphatic carbocycles. The molecule has 0 radical (unpaired) electrons. The van der Waals surface area contributed by atoms with Crippen LogP contribution in [0.5, 0.6) is 0 Å². The third-order valence-corrected chi connectivity index (χ3v) is 5.35. The molecule has 1 aromatic carbocycles. The van der Waals surface area contributed by atoms with E-state index in [9.17, 15) is 0 Å². The van der Waals surface area contributed by atoms with Crippen LogP contribution >= 0.6 is 22.6 Å². The van der Waals surface area contributed by atoms with Gasteiger partial charge in [-0.2, -0.15) is 0 Å². The predicted octanol–water partition coefficient (Wildman–Crippen LogP) is 4.00. The van der Waals surface area contributed by atoms with Crippen LogP contribution in [0, 0.1) is 0 Å². The molecule has 0 heterocycles. The molecule has 84 valence electrons. The van der Waals surface area contributed by atoms with Gasteiger partial charge in [-0.05, 0) is 43.4 Å². The van der Waals surface area contributed by atoms with E-state index < -0.39 is 0 Å². The first-order valence-corrected chi connectivity index (χ1v) is 6.99. The molecule has 1 atom stereocenters. The maximum absolute atomic E-state index is 2.59. The fraction of sp³-hybridized carbons (Fsp3) is 0.538. The summed E-state index contributed by atoms with van der Waals surface area (Å²) < 4.78 is 1.74. The summed E-state index contributed by atoms with van der Waals surface area (Å²) in [6.45, 7) is 10.5. The van der Waals surface area contributed by atoms with E-state index in [-0.39, 0.29) is 0 Å². The van der Waals surface area contributed by atoms with Gasteiger partial charge in [-0.25, -0.2) is 0 Å². The van der Waals surface area contributed by atoms with E-state index >= 15 is 0 Å². The van der Waals surface area contributed by atoms with Crippen molar-refractivity contribution in [1.29, 1.82) is 0 Å². The van der Waals surface area contributed by atoms with Gasteiger partial charge >= 0.3 is 0 Å². The highest BCUT2D eigenvalue weighted by molar-refractivity contribution is 14.1. The molecular formula is C13H21IN+. The van der Waals surface area contributed by atoms with Crippen LogP contribution in [0.15, 0.2) is 30.3 Å². The number of benzene rings is 1. The standard InChI is InChI=1S/C13H21IN/c1-4-15(5-2,6-3)13(14)12-10-8-7-9-11-12/h7-11,13H,4-6H2,1-3H3/q+1. The van der Waals surface area contributed by atoms with Crippen molar-refractivity contribution in [1.82, 2.24) is 0 Å². The Kier molecular flexibility index (Phi) is 5.06. The van der Waals surface area contributed by atoms with Crippen LogP contribution in [-0.4, -0.2) is 24.1 Å². The molecule has 0 aliphatic rings. The Morgan fingerprint density at radius 2 is 1.47 bits per heavy atom. The molecule has 0 N–H and O–H groups in total. The molecule has 1 aromatic rings.